The molecule has 0 saturated carbocycles. The summed E-state index contributed by atoms with van der Waals surface area (Å²) in [6, 6.07) is 15.8. The summed E-state index contributed by atoms with van der Waals surface area (Å²) in [6.45, 7) is 4.19. The van der Waals surface area contributed by atoms with E-state index in [0.29, 0.717) is 12.3 Å². The Morgan fingerprint density at radius 3 is 2.56 bits per heavy atom. The van der Waals surface area contributed by atoms with Crippen molar-refractivity contribution in [2.75, 3.05) is 20.2 Å². The molecule has 25 heavy (non-hydrogen) atoms. The quantitative estimate of drug-likeness (QED) is 0.392. The van der Waals surface area contributed by atoms with Crippen molar-refractivity contribution >= 4 is 5.96 Å². The second-order valence-corrected chi connectivity index (χ2v) is 5.72. The lowest BCUT2D eigenvalue weighted by Crippen LogP contribution is -2.37. The Balaban J connectivity index is 1.84. The maximum Gasteiger partial charge on any atom is 0.191 e. The first-order valence-corrected chi connectivity index (χ1v) is 8.65. The number of rotatable bonds is 8. The predicted octanol–water partition coefficient (Wildman–Crippen LogP) is 3.09. The van der Waals surface area contributed by atoms with E-state index in [1.54, 1.807) is 12.1 Å². The van der Waals surface area contributed by atoms with Crippen LogP contribution in [0, 0.1) is 0 Å². The van der Waals surface area contributed by atoms with E-state index in [0.717, 1.165) is 37.5 Å². The van der Waals surface area contributed by atoms with Crippen molar-refractivity contribution in [3.05, 3.63) is 59.7 Å². The normalized spacial score (nSPS) is 11.2. The summed E-state index contributed by atoms with van der Waals surface area (Å²) in [5.74, 6) is 1.39. The van der Waals surface area contributed by atoms with Gasteiger partial charge in [0.05, 0.1) is 13.7 Å². The van der Waals surface area contributed by atoms with Gasteiger partial charge in [-0.05, 0) is 43.0 Å². The first-order valence-electron chi connectivity index (χ1n) is 8.65. The van der Waals surface area contributed by atoms with Crippen molar-refractivity contribution in [2.24, 2.45) is 4.99 Å². The lowest BCUT2D eigenvalue weighted by molar-refractivity contribution is 0.373. The lowest BCUT2D eigenvalue weighted by Gasteiger charge is -2.11. The van der Waals surface area contributed by atoms with Crippen LogP contribution in [0.3, 0.4) is 0 Å². The van der Waals surface area contributed by atoms with Gasteiger partial charge in [-0.25, -0.2) is 4.99 Å². The number of hydrogen-bond acceptors (Lipinski definition) is 3. The molecular weight excluding hydrogens is 314 g/mol. The Bertz CT molecular complexity index is 672. The molecule has 2 aromatic carbocycles. The first kappa shape index (κ1) is 18.6. The third-order valence-corrected chi connectivity index (χ3v) is 3.78. The van der Waals surface area contributed by atoms with E-state index in [-0.39, 0.29) is 5.75 Å². The molecule has 0 heterocycles. The Morgan fingerprint density at radius 2 is 1.88 bits per heavy atom. The average Bonchev–Trinajstić information content (AvgIpc) is 2.64. The van der Waals surface area contributed by atoms with Crippen LogP contribution >= 0.6 is 0 Å². The molecule has 0 aliphatic carbocycles. The molecule has 0 spiro atoms. The van der Waals surface area contributed by atoms with Gasteiger partial charge >= 0.3 is 0 Å². The van der Waals surface area contributed by atoms with Crippen LogP contribution in [0.2, 0.25) is 0 Å². The molecule has 0 bridgehead atoms. The number of nitrogens with zero attached hydrogens (tertiary/aromatic N) is 1. The van der Waals surface area contributed by atoms with E-state index >= 15 is 0 Å². The fourth-order valence-corrected chi connectivity index (χ4v) is 2.49. The second kappa shape index (κ2) is 10.2. The van der Waals surface area contributed by atoms with Crippen LogP contribution in [0.4, 0.5) is 0 Å². The van der Waals surface area contributed by atoms with E-state index in [1.165, 1.54) is 12.7 Å². The second-order valence-electron chi connectivity index (χ2n) is 5.72. The number of aliphatic imine (C=N–C) groups is 1. The van der Waals surface area contributed by atoms with Gasteiger partial charge in [0.1, 0.15) is 0 Å². The molecule has 0 saturated heterocycles. The van der Waals surface area contributed by atoms with Gasteiger partial charge in [0.15, 0.2) is 17.5 Å². The van der Waals surface area contributed by atoms with Gasteiger partial charge in [0, 0.05) is 13.1 Å². The highest BCUT2D eigenvalue weighted by atomic mass is 16.5. The molecule has 134 valence electrons. The van der Waals surface area contributed by atoms with Gasteiger partial charge in [-0.1, -0.05) is 36.4 Å². The van der Waals surface area contributed by atoms with Gasteiger partial charge in [0.2, 0.25) is 0 Å². The van der Waals surface area contributed by atoms with E-state index in [2.05, 4.69) is 39.9 Å². The summed E-state index contributed by atoms with van der Waals surface area (Å²) in [6.07, 6.45) is 2.08. The molecule has 0 aliphatic rings. The van der Waals surface area contributed by atoms with E-state index in [1.807, 2.05) is 19.1 Å². The van der Waals surface area contributed by atoms with Crippen molar-refractivity contribution in [2.45, 2.75) is 26.3 Å². The Labute approximate surface area is 149 Å². The van der Waals surface area contributed by atoms with Gasteiger partial charge in [0.25, 0.3) is 0 Å². The maximum absolute atomic E-state index is 9.84. The summed E-state index contributed by atoms with van der Waals surface area (Å²) >= 11 is 0. The monoisotopic (exact) mass is 341 g/mol. The zero-order chi connectivity index (χ0) is 17.9. The van der Waals surface area contributed by atoms with Crippen LogP contribution in [0.1, 0.15) is 24.5 Å². The van der Waals surface area contributed by atoms with Crippen molar-refractivity contribution < 1.29 is 9.84 Å². The smallest absolute Gasteiger partial charge is 0.191 e. The molecule has 0 fully saturated rings. The molecule has 0 unspecified atom stereocenters. The minimum atomic E-state index is 0.135. The number of aromatic hydroxyl groups is 1. The fourth-order valence-electron chi connectivity index (χ4n) is 2.49. The Morgan fingerprint density at radius 1 is 1.08 bits per heavy atom. The van der Waals surface area contributed by atoms with Crippen molar-refractivity contribution in [1.82, 2.24) is 10.6 Å². The third kappa shape index (κ3) is 6.37. The van der Waals surface area contributed by atoms with Crippen molar-refractivity contribution in [3.8, 4) is 11.5 Å². The van der Waals surface area contributed by atoms with Gasteiger partial charge in [-0.3, -0.25) is 0 Å². The first-order chi connectivity index (χ1) is 12.2. The highest BCUT2D eigenvalue weighted by Gasteiger charge is 2.03. The number of ether oxygens (including phenoxy) is 1. The average molecular weight is 341 g/mol. The van der Waals surface area contributed by atoms with Gasteiger partial charge in [-0.15, -0.1) is 0 Å². The van der Waals surface area contributed by atoms with Gasteiger partial charge < -0.3 is 20.5 Å². The van der Waals surface area contributed by atoms with E-state index < -0.39 is 0 Å². The van der Waals surface area contributed by atoms with E-state index in [4.69, 9.17) is 4.74 Å². The van der Waals surface area contributed by atoms with Crippen LogP contribution < -0.4 is 15.4 Å². The SMILES string of the molecule is CCNC(=NCc1ccc(OC)c(O)c1)NCCCc1ccccc1. The van der Waals surface area contributed by atoms with Crippen LogP contribution in [0.25, 0.3) is 0 Å². The molecule has 0 amide bonds. The standard InChI is InChI=1S/C20H27N3O2/c1-3-21-20(22-13-7-10-16-8-5-4-6-9-16)23-15-17-11-12-19(25-2)18(24)14-17/h4-6,8-9,11-12,14,24H,3,7,10,13,15H2,1-2H3,(H2,21,22,23). The summed E-state index contributed by atoms with van der Waals surface area (Å²) in [7, 11) is 1.54. The molecule has 0 radical (unpaired) electrons. The number of methoxy groups -OCH3 is 1. The number of benzene rings is 2. The summed E-state index contributed by atoms with van der Waals surface area (Å²) < 4.78 is 5.06. The Kier molecular flexibility index (Phi) is 7.63. The fraction of sp³-hybridized carbons (Fsp3) is 0.350. The van der Waals surface area contributed by atoms with Gasteiger partial charge in [-0.2, -0.15) is 0 Å². The summed E-state index contributed by atoms with van der Waals surface area (Å²) in [5.41, 5.74) is 2.28. The zero-order valence-corrected chi connectivity index (χ0v) is 15.0. The number of aryl methyl sites for hydroxylation is 1. The van der Waals surface area contributed by atoms with Crippen LogP contribution in [0.15, 0.2) is 53.5 Å². The molecule has 0 atom stereocenters. The Hall–Kier alpha value is -2.69. The highest BCUT2D eigenvalue weighted by molar-refractivity contribution is 5.79. The molecular formula is C20H27N3O2. The van der Waals surface area contributed by atoms with Crippen LogP contribution in [-0.4, -0.2) is 31.3 Å². The van der Waals surface area contributed by atoms with Crippen molar-refractivity contribution in [3.63, 3.8) is 0 Å². The number of guanidine groups is 1. The van der Waals surface area contributed by atoms with Crippen LogP contribution in [-0.2, 0) is 13.0 Å². The van der Waals surface area contributed by atoms with Crippen LogP contribution in [0.5, 0.6) is 11.5 Å². The minimum absolute atomic E-state index is 0.135. The van der Waals surface area contributed by atoms with Crippen molar-refractivity contribution in [1.29, 1.82) is 0 Å². The maximum atomic E-state index is 9.84. The van der Waals surface area contributed by atoms with E-state index in [9.17, 15) is 5.11 Å². The topological polar surface area (TPSA) is 65.9 Å². The molecule has 5 heteroatoms. The lowest BCUT2D eigenvalue weighted by atomic mass is 10.1. The molecule has 2 aromatic rings. The molecule has 3 N–H and O–H groups in total. The zero-order valence-electron chi connectivity index (χ0n) is 15.0. The highest BCUT2D eigenvalue weighted by Crippen LogP contribution is 2.26. The summed E-state index contributed by atoms with van der Waals surface area (Å²) in [5, 5.41) is 16.4. The molecule has 2 rings (SSSR count). The third-order valence-electron chi connectivity index (χ3n) is 3.78. The number of phenolic OH excluding ortho intramolecular Hbond substituents is 1. The molecule has 0 aliphatic heterocycles. The number of hydrogen-bond donors (Lipinski definition) is 3. The number of phenols is 1. The number of nitrogens with one attached hydrogen (secondary N) is 2. The largest absolute Gasteiger partial charge is 0.504 e. The predicted molar refractivity (Wildman–Crippen MR) is 102 cm³/mol. The molecule has 5 nitrogen and oxygen atoms in total. The summed E-state index contributed by atoms with van der Waals surface area (Å²) in [4.78, 5) is 4.57. The molecule has 0 aromatic heterocycles. The minimum Gasteiger partial charge on any atom is -0.504 e.